The molecule has 0 atom stereocenters. The number of rotatable bonds is 10. The van der Waals surface area contributed by atoms with Crippen LogP contribution in [0.2, 0.25) is 15.1 Å². The van der Waals surface area contributed by atoms with E-state index in [4.69, 9.17) is 72.2 Å². The Balaban J connectivity index is 1.77. The molecule has 2 rings (SSSR count). The molecule has 0 N–H and O–H groups in total. The van der Waals surface area contributed by atoms with Crippen LogP contribution in [0, 0.1) is 0 Å². The van der Waals surface area contributed by atoms with Crippen LogP contribution in [0.4, 0.5) is 13.2 Å². The predicted octanol–water partition coefficient (Wildman–Crippen LogP) is 8.00. The third-order valence-electron chi connectivity index (χ3n) is 3.66. The second-order valence-corrected chi connectivity index (χ2v) is 8.08. The van der Waals surface area contributed by atoms with Crippen LogP contribution in [0.15, 0.2) is 35.0 Å². The minimum absolute atomic E-state index is 0.0636. The molecule has 0 saturated heterocycles. The zero-order valence-corrected chi connectivity index (χ0v) is 19.4. The Bertz CT molecular complexity index is 921. The molecule has 1 heterocycles. The van der Waals surface area contributed by atoms with E-state index in [2.05, 4.69) is 4.98 Å². The van der Waals surface area contributed by atoms with Gasteiger partial charge < -0.3 is 14.2 Å². The summed E-state index contributed by atoms with van der Waals surface area (Å²) in [6, 6.07) is 3.98. The van der Waals surface area contributed by atoms with Crippen molar-refractivity contribution in [3.8, 4) is 17.4 Å². The zero-order valence-electron chi connectivity index (χ0n) is 15.6. The van der Waals surface area contributed by atoms with Gasteiger partial charge in [-0.25, -0.2) is 4.98 Å². The summed E-state index contributed by atoms with van der Waals surface area (Å²) < 4.78 is 54.2. The first kappa shape index (κ1) is 26.0. The van der Waals surface area contributed by atoms with Gasteiger partial charge in [-0.2, -0.15) is 13.2 Å². The van der Waals surface area contributed by atoms with Gasteiger partial charge in [0.05, 0.1) is 18.8 Å². The summed E-state index contributed by atoms with van der Waals surface area (Å²) in [7, 11) is 0. The lowest BCUT2D eigenvalue weighted by atomic mass is 10.3. The summed E-state index contributed by atoms with van der Waals surface area (Å²) in [5, 5.41) is 0.167. The Kier molecular flexibility index (Phi) is 10.2. The van der Waals surface area contributed by atoms with Gasteiger partial charge in [0.2, 0.25) is 5.88 Å². The lowest BCUT2D eigenvalue weighted by Crippen LogP contribution is -2.07. The molecule has 12 heteroatoms. The number of aromatic nitrogens is 1. The minimum atomic E-state index is -4.52. The maximum Gasteiger partial charge on any atom is 0.417 e. The zero-order chi connectivity index (χ0) is 23.0. The number of ether oxygens (including phenoxy) is 3. The average molecular weight is 540 g/mol. The van der Waals surface area contributed by atoms with Crippen LogP contribution >= 0.6 is 58.0 Å². The van der Waals surface area contributed by atoms with Crippen molar-refractivity contribution in [3.63, 3.8) is 0 Å². The van der Waals surface area contributed by atoms with Crippen molar-refractivity contribution in [1.82, 2.24) is 4.98 Å². The van der Waals surface area contributed by atoms with Crippen molar-refractivity contribution in [2.24, 2.45) is 0 Å². The Morgan fingerprint density at radius 1 is 0.935 bits per heavy atom. The van der Waals surface area contributed by atoms with Gasteiger partial charge in [0.1, 0.15) is 37.7 Å². The standard InChI is InChI=1S/C19H15Cl5F3NO3/c20-12-9-11(19(25,26)27)10-28-18(12)31-7-2-1-6-29-13-3-4-14(17(24)16(13)23)30-8-5-15(21)22/h3-5,9-10H,1-2,6-8H2. The van der Waals surface area contributed by atoms with Crippen molar-refractivity contribution in [2.75, 3.05) is 19.8 Å². The largest absolute Gasteiger partial charge is 0.492 e. The van der Waals surface area contributed by atoms with E-state index in [0.717, 1.165) is 6.07 Å². The molecule has 1 aromatic heterocycles. The van der Waals surface area contributed by atoms with E-state index < -0.39 is 11.7 Å². The SMILES string of the molecule is FC(F)(F)c1cnc(OCCCCOc2ccc(OCC=C(Cl)Cl)c(Cl)c2Cl)c(Cl)c1. The van der Waals surface area contributed by atoms with Gasteiger partial charge in [-0.05, 0) is 37.1 Å². The molecule has 0 unspecified atom stereocenters. The van der Waals surface area contributed by atoms with Crippen LogP contribution in [-0.2, 0) is 6.18 Å². The third kappa shape index (κ3) is 8.31. The Morgan fingerprint density at radius 3 is 2.06 bits per heavy atom. The normalized spacial score (nSPS) is 11.2. The maximum absolute atomic E-state index is 12.6. The lowest BCUT2D eigenvalue weighted by molar-refractivity contribution is -0.137. The van der Waals surface area contributed by atoms with Crippen LogP contribution in [0.3, 0.4) is 0 Å². The molecule has 0 spiro atoms. The number of pyridine rings is 1. The van der Waals surface area contributed by atoms with Crippen LogP contribution < -0.4 is 14.2 Å². The molecule has 0 aliphatic rings. The van der Waals surface area contributed by atoms with E-state index in [1.54, 1.807) is 12.1 Å². The molecular weight excluding hydrogens is 524 g/mol. The van der Waals surface area contributed by atoms with Crippen LogP contribution in [0.5, 0.6) is 17.4 Å². The van der Waals surface area contributed by atoms with Crippen LogP contribution in [0.25, 0.3) is 0 Å². The van der Waals surface area contributed by atoms with E-state index in [-0.39, 0.29) is 38.7 Å². The first-order valence-corrected chi connectivity index (χ1v) is 10.6. The van der Waals surface area contributed by atoms with Gasteiger partial charge in [0.15, 0.2) is 0 Å². The first-order chi connectivity index (χ1) is 14.6. The monoisotopic (exact) mass is 537 g/mol. The Labute approximate surface area is 201 Å². The topological polar surface area (TPSA) is 40.6 Å². The van der Waals surface area contributed by atoms with E-state index in [9.17, 15) is 13.2 Å². The highest BCUT2D eigenvalue weighted by Crippen LogP contribution is 2.39. The number of halogens is 8. The van der Waals surface area contributed by atoms with Gasteiger partial charge in [-0.3, -0.25) is 0 Å². The summed E-state index contributed by atoms with van der Waals surface area (Å²) in [5.41, 5.74) is -0.940. The molecule has 0 fully saturated rings. The maximum atomic E-state index is 12.6. The molecular formula is C19H15Cl5F3NO3. The van der Waals surface area contributed by atoms with Gasteiger partial charge >= 0.3 is 6.18 Å². The molecule has 0 saturated carbocycles. The van der Waals surface area contributed by atoms with Gasteiger partial charge in [-0.15, -0.1) is 0 Å². The second kappa shape index (κ2) is 12.1. The Morgan fingerprint density at radius 2 is 1.52 bits per heavy atom. The summed E-state index contributed by atoms with van der Waals surface area (Å²) in [6.45, 7) is 0.619. The minimum Gasteiger partial charge on any atom is -0.492 e. The van der Waals surface area contributed by atoms with Crippen LogP contribution in [-0.4, -0.2) is 24.8 Å². The molecule has 31 heavy (non-hydrogen) atoms. The van der Waals surface area contributed by atoms with Crippen molar-refractivity contribution < 1.29 is 27.4 Å². The molecule has 4 nitrogen and oxygen atoms in total. The molecule has 0 aliphatic carbocycles. The van der Waals surface area contributed by atoms with E-state index in [1.165, 1.54) is 6.08 Å². The predicted molar refractivity (Wildman–Crippen MR) is 116 cm³/mol. The van der Waals surface area contributed by atoms with Gasteiger partial charge in [0.25, 0.3) is 0 Å². The van der Waals surface area contributed by atoms with Gasteiger partial charge in [-0.1, -0.05) is 58.0 Å². The van der Waals surface area contributed by atoms with E-state index >= 15 is 0 Å². The molecule has 2 aromatic rings. The molecule has 0 bridgehead atoms. The number of benzene rings is 1. The fourth-order valence-corrected chi connectivity index (χ4v) is 2.94. The lowest BCUT2D eigenvalue weighted by Gasteiger charge is -2.13. The number of unbranched alkanes of at least 4 members (excludes halogenated alkanes) is 1. The van der Waals surface area contributed by atoms with Crippen molar-refractivity contribution in [2.45, 2.75) is 19.0 Å². The highest BCUT2D eigenvalue weighted by molar-refractivity contribution is 6.55. The average Bonchev–Trinajstić information content (AvgIpc) is 2.69. The number of hydrogen-bond acceptors (Lipinski definition) is 4. The second-order valence-electron chi connectivity index (χ2n) is 5.91. The fourth-order valence-electron chi connectivity index (χ4n) is 2.17. The highest BCUT2D eigenvalue weighted by atomic mass is 35.5. The molecule has 0 radical (unpaired) electrons. The van der Waals surface area contributed by atoms with E-state index in [0.29, 0.717) is 37.1 Å². The summed E-state index contributed by atoms with van der Waals surface area (Å²) >= 11 is 29.1. The number of hydrogen-bond donors (Lipinski definition) is 0. The number of alkyl halides is 3. The van der Waals surface area contributed by atoms with Crippen molar-refractivity contribution in [3.05, 3.63) is 55.6 Å². The Hall–Kier alpha value is -1.25. The quantitative estimate of drug-likeness (QED) is 0.287. The highest BCUT2D eigenvalue weighted by Gasteiger charge is 2.31. The fraction of sp³-hybridized carbons (Fsp3) is 0.316. The number of nitrogens with zero attached hydrogens (tertiary/aromatic N) is 1. The molecule has 0 amide bonds. The van der Waals surface area contributed by atoms with Crippen molar-refractivity contribution in [1.29, 1.82) is 0 Å². The van der Waals surface area contributed by atoms with Gasteiger partial charge in [0, 0.05) is 6.20 Å². The molecule has 170 valence electrons. The van der Waals surface area contributed by atoms with Crippen LogP contribution in [0.1, 0.15) is 18.4 Å². The van der Waals surface area contributed by atoms with E-state index in [1.807, 2.05) is 0 Å². The van der Waals surface area contributed by atoms with Crippen molar-refractivity contribution >= 4 is 58.0 Å². The molecule has 0 aliphatic heterocycles. The summed E-state index contributed by atoms with van der Waals surface area (Å²) in [5.74, 6) is 0.656. The molecule has 1 aromatic carbocycles. The summed E-state index contributed by atoms with van der Waals surface area (Å²) in [4.78, 5) is 3.60. The first-order valence-electron chi connectivity index (χ1n) is 8.70. The third-order valence-corrected chi connectivity index (χ3v) is 5.08. The summed E-state index contributed by atoms with van der Waals surface area (Å²) in [6.07, 6.45) is -1.28. The smallest absolute Gasteiger partial charge is 0.417 e.